The summed E-state index contributed by atoms with van der Waals surface area (Å²) in [5, 5.41) is -0.120. The second-order valence-corrected chi connectivity index (χ2v) is 9.82. The molecule has 0 spiro atoms. The summed E-state index contributed by atoms with van der Waals surface area (Å²) >= 11 is 6.36. The maximum absolute atomic E-state index is 15.4. The number of carbonyl (C=O) groups is 1. The highest BCUT2D eigenvalue weighted by Gasteiger charge is 2.33. The Kier molecular flexibility index (Phi) is 6.71. The molecule has 1 fully saturated rings. The number of aromatic nitrogens is 3. The number of amides is 1. The van der Waals surface area contributed by atoms with Crippen molar-refractivity contribution in [3.8, 4) is 5.75 Å². The van der Waals surface area contributed by atoms with Crippen LogP contribution in [0.1, 0.15) is 73.9 Å². The fourth-order valence-corrected chi connectivity index (χ4v) is 4.80. The highest BCUT2D eigenvalue weighted by atomic mass is 35.5. The first kappa shape index (κ1) is 24.3. The fraction of sp³-hybridized carbons (Fsp3) is 0.480. The normalized spacial score (nSPS) is 15.8. The number of piperidine rings is 1. The molecule has 182 valence electrons. The van der Waals surface area contributed by atoms with E-state index in [0.29, 0.717) is 41.7 Å². The summed E-state index contributed by atoms with van der Waals surface area (Å²) in [5.74, 6) is 0.268. The molecule has 7 nitrogen and oxygen atoms in total. The number of nitrogens with two attached hydrogens (primary N) is 1. The first-order chi connectivity index (χ1) is 16.1. The molecule has 1 saturated heterocycles. The fourth-order valence-electron chi connectivity index (χ4n) is 4.59. The molecule has 34 heavy (non-hydrogen) atoms. The molecule has 4 rings (SSSR count). The molecule has 3 heterocycles. The zero-order chi connectivity index (χ0) is 24.7. The minimum Gasteiger partial charge on any atom is -0.490 e. The third-order valence-corrected chi connectivity index (χ3v) is 6.75. The first-order valence-corrected chi connectivity index (χ1v) is 12.0. The third-order valence-electron chi connectivity index (χ3n) is 6.48. The molecule has 0 aliphatic carbocycles. The molecule has 9 heteroatoms. The SMILES string of the molecule is Cc1nc(C(C)c2cc(Cl)c(F)c(C(=O)N3CCC(C)CC3)c2OC(C)C)n2ccnc(N)c12. The van der Waals surface area contributed by atoms with Gasteiger partial charge in [-0.15, -0.1) is 0 Å². The molecule has 2 aromatic heterocycles. The Labute approximate surface area is 204 Å². The van der Waals surface area contributed by atoms with Gasteiger partial charge in [-0.2, -0.15) is 0 Å². The Morgan fingerprint density at radius 3 is 2.62 bits per heavy atom. The average molecular weight is 488 g/mol. The van der Waals surface area contributed by atoms with Crippen LogP contribution in [0.15, 0.2) is 18.5 Å². The molecule has 0 bridgehead atoms. The van der Waals surface area contributed by atoms with E-state index in [1.54, 1.807) is 17.3 Å². The van der Waals surface area contributed by atoms with E-state index >= 15 is 4.39 Å². The molecule has 0 radical (unpaired) electrons. The Morgan fingerprint density at radius 2 is 1.97 bits per heavy atom. The maximum atomic E-state index is 15.4. The number of rotatable bonds is 5. The van der Waals surface area contributed by atoms with Crippen LogP contribution in [0.2, 0.25) is 5.02 Å². The van der Waals surface area contributed by atoms with Crippen molar-refractivity contribution in [3.05, 3.63) is 51.9 Å². The lowest BCUT2D eigenvalue weighted by Crippen LogP contribution is -2.38. The number of anilines is 1. The molecule has 0 saturated carbocycles. The van der Waals surface area contributed by atoms with Gasteiger partial charge in [0.15, 0.2) is 5.82 Å². The number of aryl methyl sites for hydroxylation is 1. The van der Waals surface area contributed by atoms with E-state index < -0.39 is 11.7 Å². The van der Waals surface area contributed by atoms with Gasteiger partial charge >= 0.3 is 0 Å². The van der Waals surface area contributed by atoms with Gasteiger partial charge in [0.25, 0.3) is 5.91 Å². The van der Waals surface area contributed by atoms with Crippen molar-refractivity contribution in [3.63, 3.8) is 0 Å². The number of nitrogens with zero attached hydrogens (tertiary/aromatic N) is 4. The van der Waals surface area contributed by atoms with Crippen LogP contribution >= 0.6 is 11.6 Å². The van der Waals surface area contributed by atoms with Crippen molar-refractivity contribution in [2.45, 2.75) is 59.5 Å². The third kappa shape index (κ3) is 4.31. The van der Waals surface area contributed by atoms with Gasteiger partial charge in [0, 0.05) is 37.0 Å². The van der Waals surface area contributed by atoms with Crippen LogP contribution in [0, 0.1) is 18.7 Å². The summed E-state index contributed by atoms with van der Waals surface area (Å²) in [7, 11) is 0. The number of halogens is 2. The predicted molar refractivity (Wildman–Crippen MR) is 131 cm³/mol. The summed E-state index contributed by atoms with van der Waals surface area (Å²) in [5.41, 5.74) is 8.01. The Balaban J connectivity index is 1.88. The van der Waals surface area contributed by atoms with Crippen LogP contribution in [0.5, 0.6) is 5.75 Å². The van der Waals surface area contributed by atoms with Crippen LogP contribution in [0.4, 0.5) is 10.2 Å². The minimum atomic E-state index is -0.755. The summed E-state index contributed by atoms with van der Waals surface area (Å²) in [4.78, 5) is 24.1. The van der Waals surface area contributed by atoms with Gasteiger partial charge in [-0.3, -0.25) is 9.20 Å². The van der Waals surface area contributed by atoms with Crippen LogP contribution in [-0.4, -0.2) is 44.4 Å². The Morgan fingerprint density at radius 1 is 1.29 bits per heavy atom. The molecule has 1 aliphatic rings. The van der Waals surface area contributed by atoms with Crippen molar-refractivity contribution in [1.29, 1.82) is 0 Å². The molecular formula is C25H31ClFN5O2. The van der Waals surface area contributed by atoms with Gasteiger partial charge in [-0.05, 0) is 45.6 Å². The number of fused-ring (bicyclic) bond motifs is 1. The number of benzene rings is 1. The monoisotopic (exact) mass is 487 g/mol. The number of ether oxygens (including phenoxy) is 1. The molecule has 1 unspecified atom stereocenters. The van der Waals surface area contributed by atoms with E-state index in [-0.39, 0.29) is 28.4 Å². The van der Waals surface area contributed by atoms with Gasteiger partial charge in [-0.25, -0.2) is 14.4 Å². The number of imidazole rings is 1. The molecule has 1 aromatic carbocycles. The number of hydrogen-bond donors (Lipinski definition) is 1. The number of carbonyl (C=O) groups excluding carboxylic acids is 1. The van der Waals surface area contributed by atoms with Crippen LogP contribution in [-0.2, 0) is 0 Å². The van der Waals surface area contributed by atoms with Crippen molar-refractivity contribution < 1.29 is 13.9 Å². The number of hydrogen-bond acceptors (Lipinski definition) is 5. The first-order valence-electron chi connectivity index (χ1n) is 11.7. The lowest BCUT2D eigenvalue weighted by molar-refractivity contribution is 0.0685. The second-order valence-electron chi connectivity index (χ2n) is 9.42. The second kappa shape index (κ2) is 9.41. The molecular weight excluding hydrogens is 457 g/mol. The van der Waals surface area contributed by atoms with E-state index in [2.05, 4.69) is 11.9 Å². The summed E-state index contributed by atoms with van der Waals surface area (Å²) < 4.78 is 23.4. The Hall–Kier alpha value is -2.87. The van der Waals surface area contributed by atoms with Crippen LogP contribution in [0.25, 0.3) is 5.52 Å². The van der Waals surface area contributed by atoms with Crippen molar-refractivity contribution in [2.24, 2.45) is 5.92 Å². The lowest BCUT2D eigenvalue weighted by Gasteiger charge is -2.31. The minimum absolute atomic E-state index is 0.114. The summed E-state index contributed by atoms with van der Waals surface area (Å²) in [6.45, 7) is 10.8. The zero-order valence-corrected chi connectivity index (χ0v) is 21.0. The van der Waals surface area contributed by atoms with Crippen molar-refractivity contribution in [2.75, 3.05) is 18.8 Å². The van der Waals surface area contributed by atoms with Crippen molar-refractivity contribution in [1.82, 2.24) is 19.3 Å². The van der Waals surface area contributed by atoms with Crippen LogP contribution < -0.4 is 10.5 Å². The zero-order valence-electron chi connectivity index (χ0n) is 20.2. The Bertz CT molecular complexity index is 1230. The standard InChI is InChI=1S/C25H31ClFN5O2/c1-13(2)34-22-17(15(4)24-30-16(5)21-23(28)29-8-11-32(21)24)12-18(26)20(27)19(22)25(33)31-9-6-14(3)7-10-31/h8,11-15H,6-7,9-10H2,1-5H3,(H2,28,29). The largest absolute Gasteiger partial charge is 0.490 e. The lowest BCUT2D eigenvalue weighted by atomic mass is 9.94. The van der Waals surface area contributed by atoms with Crippen LogP contribution in [0.3, 0.4) is 0 Å². The van der Waals surface area contributed by atoms with Gasteiger partial charge < -0.3 is 15.4 Å². The highest BCUT2D eigenvalue weighted by Crippen LogP contribution is 2.40. The van der Waals surface area contributed by atoms with E-state index in [0.717, 1.165) is 18.5 Å². The molecule has 1 aliphatic heterocycles. The number of nitrogen functional groups attached to an aromatic ring is 1. The molecule has 1 atom stereocenters. The number of likely N-dealkylation sites (tertiary alicyclic amines) is 1. The van der Waals surface area contributed by atoms with E-state index in [9.17, 15) is 4.79 Å². The quantitative estimate of drug-likeness (QED) is 0.533. The maximum Gasteiger partial charge on any atom is 0.260 e. The topological polar surface area (TPSA) is 85.8 Å². The molecule has 3 aromatic rings. The van der Waals surface area contributed by atoms with Gasteiger partial charge in [0.05, 0.1) is 16.8 Å². The van der Waals surface area contributed by atoms with E-state index in [4.69, 9.17) is 27.1 Å². The van der Waals surface area contributed by atoms with Gasteiger partial charge in [-0.1, -0.05) is 25.4 Å². The van der Waals surface area contributed by atoms with E-state index in [1.165, 1.54) is 6.07 Å². The predicted octanol–water partition coefficient (Wildman–Crippen LogP) is 5.22. The van der Waals surface area contributed by atoms with Gasteiger partial charge in [0.1, 0.15) is 28.5 Å². The van der Waals surface area contributed by atoms with Crippen molar-refractivity contribution >= 4 is 28.8 Å². The average Bonchev–Trinajstić information content (AvgIpc) is 3.13. The molecule has 1 amide bonds. The summed E-state index contributed by atoms with van der Waals surface area (Å²) in [6, 6.07) is 1.54. The highest BCUT2D eigenvalue weighted by molar-refractivity contribution is 6.31. The van der Waals surface area contributed by atoms with E-state index in [1.807, 2.05) is 32.1 Å². The smallest absolute Gasteiger partial charge is 0.260 e. The molecule has 2 N–H and O–H groups in total. The summed E-state index contributed by atoms with van der Waals surface area (Å²) in [6.07, 6.45) is 4.87. The van der Waals surface area contributed by atoms with Gasteiger partial charge in [0.2, 0.25) is 0 Å².